The Balaban J connectivity index is 1.96. The number of pyridine rings is 1. The molecule has 0 aliphatic rings. The number of nitrogens with zero attached hydrogens (tertiary/aromatic N) is 4. The maximum atomic E-state index is 13.4. The van der Waals surface area contributed by atoms with Crippen LogP contribution in [-0.4, -0.2) is 26.3 Å². The number of aryl methyl sites for hydroxylation is 1. The van der Waals surface area contributed by atoms with Gasteiger partial charge in [0.1, 0.15) is 5.82 Å². The van der Waals surface area contributed by atoms with Crippen molar-refractivity contribution in [2.45, 2.75) is 32.9 Å². The summed E-state index contributed by atoms with van der Waals surface area (Å²) >= 11 is 0. The molecule has 7 heteroatoms. The van der Waals surface area contributed by atoms with Crippen LogP contribution >= 0.6 is 0 Å². The van der Waals surface area contributed by atoms with Gasteiger partial charge in [0, 0.05) is 26.0 Å². The minimum Gasteiger partial charge on any atom is -0.378 e. The lowest BCUT2D eigenvalue weighted by Gasteiger charge is -2.07. The van der Waals surface area contributed by atoms with E-state index in [1.54, 1.807) is 40.7 Å². The first kappa shape index (κ1) is 18.3. The van der Waals surface area contributed by atoms with E-state index in [2.05, 4.69) is 17.0 Å². The Morgan fingerprint density at radius 1 is 1.18 bits per heavy atom. The SMILES string of the molecule is CCCCn1ccc2c(cnc3c(-c4ccc(F)cc4)c(COC)nn32)c1=O. The molecule has 0 aliphatic carbocycles. The van der Waals surface area contributed by atoms with E-state index in [0.717, 1.165) is 24.0 Å². The zero-order chi connectivity index (χ0) is 19.7. The number of rotatable bonds is 6. The monoisotopic (exact) mass is 380 g/mol. The van der Waals surface area contributed by atoms with Crippen LogP contribution in [0.15, 0.2) is 47.5 Å². The molecule has 144 valence electrons. The van der Waals surface area contributed by atoms with E-state index in [1.165, 1.54) is 12.1 Å². The van der Waals surface area contributed by atoms with Gasteiger partial charge in [0.25, 0.3) is 5.56 Å². The molecule has 6 nitrogen and oxygen atoms in total. The van der Waals surface area contributed by atoms with E-state index < -0.39 is 0 Å². The summed E-state index contributed by atoms with van der Waals surface area (Å²) in [6.07, 6.45) is 5.35. The fourth-order valence-corrected chi connectivity index (χ4v) is 3.41. The van der Waals surface area contributed by atoms with Crippen molar-refractivity contribution in [3.05, 3.63) is 64.6 Å². The van der Waals surface area contributed by atoms with Crippen LogP contribution in [0.4, 0.5) is 4.39 Å². The third kappa shape index (κ3) is 3.07. The maximum Gasteiger partial charge on any atom is 0.261 e. The molecule has 0 aliphatic heterocycles. The van der Waals surface area contributed by atoms with Crippen molar-refractivity contribution in [2.24, 2.45) is 0 Å². The topological polar surface area (TPSA) is 61.4 Å². The molecule has 0 saturated carbocycles. The highest BCUT2D eigenvalue weighted by atomic mass is 19.1. The van der Waals surface area contributed by atoms with Crippen molar-refractivity contribution in [1.82, 2.24) is 19.2 Å². The van der Waals surface area contributed by atoms with Gasteiger partial charge in [-0.1, -0.05) is 25.5 Å². The molecule has 4 aromatic rings. The molecule has 0 saturated heterocycles. The van der Waals surface area contributed by atoms with Gasteiger partial charge in [0.2, 0.25) is 0 Å². The third-order valence-corrected chi connectivity index (χ3v) is 4.82. The number of benzene rings is 1. The Labute approximate surface area is 161 Å². The number of hydrogen-bond acceptors (Lipinski definition) is 4. The van der Waals surface area contributed by atoms with Crippen molar-refractivity contribution in [2.75, 3.05) is 7.11 Å². The van der Waals surface area contributed by atoms with Crippen LogP contribution in [0.1, 0.15) is 25.5 Å². The summed E-state index contributed by atoms with van der Waals surface area (Å²) in [5.74, 6) is -0.306. The van der Waals surface area contributed by atoms with E-state index in [9.17, 15) is 9.18 Å². The third-order valence-electron chi connectivity index (χ3n) is 4.82. The standard InChI is InChI=1S/C21H21FN4O2/c1-3-4-10-25-11-9-18-16(21(25)27)12-23-20-19(14-5-7-15(22)8-6-14)17(13-28-2)24-26(18)20/h5-9,11-12H,3-4,10,13H2,1-2H3. The molecule has 0 atom stereocenters. The molecule has 0 N–H and O–H groups in total. The van der Waals surface area contributed by atoms with E-state index >= 15 is 0 Å². The number of aromatic nitrogens is 4. The first-order valence-electron chi connectivity index (χ1n) is 9.28. The van der Waals surface area contributed by atoms with E-state index in [1.807, 2.05) is 6.07 Å². The van der Waals surface area contributed by atoms with Crippen LogP contribution in [0, 0.1) is 5.82 Å². The number of halogens is 1. The zero-order valence-electron chi connectivity index (χ0n) is 15.9. The quantitative estimate of drug-likeness (QED) is 0.511. The molecule has 0 bridgehead atoms. The number of unbranched alkanes of at least 4 members (excludes halogenated alkanes) is 1. The normalized spacial score (nSPS) is 11.5. The second-order valence-electron chi connectivity index (χ2n) is 6.72. The summed E-state index contributed by atoms with van der Waals surface area (Å²) in [6, 6.07) is 8.09. The highest BCUT2D eigenvalue weighted by Gasteiger charge is 2.18. The van der Waals surface area contributed by atoms with Crippen LogP contribution in [0.25, 0.3) is 27.7 Å². The van der Waals surface area contributed by atoms with Gasteiger partial charge < -0.3 is 9.30 Å². The average molecular weight is 380 g/mol. The van der Waals surface area contributed by atoms with Crippen molar-refractivity contribution in [3.8, 4) is 11.1 Å². The summed E-state index contributed by atoms with van der Waals surface area (Å²) < 4.78 is 22.1. The Bertz CT molecular complexity index is 1200. The fourth-order valence-electron chi connectivity index (χ4n) is 3.41. The van der Waals surface area contributed by atoms with Gasteiger partial charge in [-0.2, -0.15) is 5.10 Å². The summed E-state index contributed by atoms with van der Waals surface area (Å²) in [6.45, 7) is 3.05. The fraction of sp³-hybridized carbons (Fsp3) is 0.286. The highest BCUT2D eigenvalue weighted by Crippen LogP contribution is 2.29. The molecule has 0 fully saturated rings. The molecule has 3 heterocycles. The van der Waals surface area contributed by atoms with Gasteiger partial charge in [-0.25, -0.2) is 13.9 Å². The predicted octanol–water partition coefficient (Wildman–Crippen LogP) is 3.80. The lowest BCUT2D eigenvalue weighted by molar-refractivity contribution is 0.181. The zero-order valence-corrected chi connectivity index (χ0v) is 15.9. The number of fused-ring (bicyclic) bond motifs is 3. The minimum atomic E-state index is -0.306. The molecule has 28 heavy (non-hydrogen) atoms. The summed E-state index contributed by atoms with van der Waals surface area (Å²) in [5.41, 5.74) is 3.48. The second kappa shape index (κ2) is 7.52. The Kier molecular flexibility index (Phi) is 4.92. The first-order chi connectivity index (χ1) is 13.6. The summed E-state index contributed by atoms with van der Waals surface area (Å²) in [7, 11) is 1.59. The van der Waals surface area contributed by atoms with E-state index in [0.29, 0.717) is 28.8 Å². The van der Waals surface area contributed by atoms with Gasteiger partial charge in [-0.3, -0.25) is 4.79 Å². The van der Waals surface area contributed by atoms with Crippen LogP contribution in [0.3, 0.4) is 0 Å². The van der Waals surface area contributed by atoms with E-state index in [4.69, 9.17) is 4.74 Å². The maximum absolute atomic E-state index is 13.4. The van der Waals surface area contributed by atoms with Crippen LogP contribution in [0.5, 0.6) is 0 Å². The molecule has 1 aromatic carbocycles. The van der Waals surface area contributed by atoms with Gasteiger partial charge >= 0.3 is 0 Å². The first-order valence-corrected chi connectivity index (χ1v) is 9.28. The molecule has 3 aromatic heterocycles. The van der Waals surface area contributed by atoms with Crippen molar-refractivity contribution >= 4 is 16.6 Å². The Hall–Kier alpha value is -3.06. The number of ether oxygens (including phenoxy) is 1. The molecule has 0 spiro atoms. The predicted molar refractivity (Wildman–Crippen MR) is 106 cm³/mol. The average Bonchev–Trinajstić information content (AvgIpc) is 3.07. The molecule has 0 radical (unpaired) electrons. The van der Waals surface area contributed by atoms with Crippen LogP contribution in [0.2, 0.25) is 0 Å². The summed E-state index contributed by atoms with van der Waals surface area (Å²) in [5, 5.41) is 5.17. The van der Waals surface area contributed by atoms with Gasteiger partial charge in [-0.05, 0) is 30.2 Å². The van der Waals surface area contributed by atoms with Gasteiger partial charge in [0.15, 0.2) is 5.65 Å². The lowest BCUT2D eigenvalue weighted by Crippen LogP contribution is -2.20. The molecular weight excluding hydrogens is 359 g/mol. The Morgan fingerprint density at radius 2 is 1.96 bits per heavy atom. The minimum absolute atomic E-state index is 0.0764. The lowest BCUT2D eigenvalue weighted by atomic mass is 10.1. The molecule has 0 unspecified atom stereocenters. The van der Waals surface area contributed by atoms with Crippen molar-refractivity contribution < 1.29 is 9.13 Å². The largest absolute Gasteiger partial charge is 0.378 e. The smallest absolute Gasteiger partial charge is 0.261 e. The molecule has 4 rings (SSSR count). The Morgan fingerprint density at radius 3 is 2.68 bits per heavy atom. The number of methoxy groups -OCH3 is 1. The second-order valence-corrected chi connectivity index (χ2v) is 6.72. The number of hydrogen-bond donors (Lipinski definition) is 0. The van der Waals surface area contributed by atoms with Crippen LogP contribution in [-0.2, 0) is 17.9 Å². The summed E-state index contributed by atoms with van der Waals surface area (Å²) in [4.78, 5) is 17.3. The van der Waals surface area contributed by atoms with E-state index in [-0.39, 0.29) is 18.0 Å². The van der Waals surface area contributed by atoms with Crippen molar-refractivity contribution in [1.29, 1.82) is 0 Å². The molecule has 0 amide bonds. The highest BCUT2D eigenvalue weighted by molar-refractivity contribution is 5.86. The van der Waals surface area contributed by atoms with Crippen molar-refractivity contribution in [3.63, 3.8) is 0 Å². The van der Waals surface area contributed by atoms with Gasteiger partial charge in [0.05, 0.1) is 28.8 Å². The van der Waals surface area contributed by atoms with Gasteiger partial charge in [-0.15, -0.1) is 0 Å². The molecular formula is C21H21FN4O2. The van der Waals surface area contributed by atoms with Crippen LogP contribution < -0.4 is 5.56 Å².